The highest BCUT2D eigenvalue weighted by Crippen LogP contribution is 2.41. The molecule has 2 aromatic rings. The van der Waals surface area contributed by atoms with Gasteiger partial charge in [0.1, 0.15) is 0 Å². The van der Waals surface area contributed by atoms with Crippen LogP contribution < -0.4 is 14.2 Å². The van der Waals surface area contributed by atoms with Gasteiger partial charge >= 0.3 is 0 Å². The van der Waals surface area contributed by atoms with Crippen LogP contribution in [0.25, 0.3) is 11.4 Å². The van der Waals surface area contributed by atoms with Crippen molar-refractivity contribution < 1.29 is 19.0 Å². The Balaban J connectivity index is 2.10. The Labute approximate surface area is 125 Å². The highest BCUT2D eigenvalue weighted by atomic mass is 32.2. The third-order valence-corrected chi connectivity index (χ3v) is 3.98. The van der Waals surface area contributed by atoms with Crippen LogP contribution in [-0.4, -0.2) is 47.8 Å². The SMILES string of the molecule is COc1cc(-c2nc3n(n2)C(=O)CS3)cc(OC)c1OC. The van der Waals surface area contributed by atoms with Crippen molar-refractivity contribution in [1.82, 2.24) is 14.8 Å². The van der Waals surface area contributed by atoms with E-state index < -0.39 is 0 Å². The number of benzene rings is 1. The Bertz CT molecular complexity index is 688. The van der Waals surface area contributed by atoms with E-state index in [4.69, 9.17) is 14.2 Å². The molecule has 1 aliphatic rings. The lowest BCUT2D eigenvalue weighted by Crippen LogP contribution is -2.08. The molecule has 3 rings (SSSR count). The molecule has 0 aliphatic carbocycles. The third-order valence-electron chi connectivity index (χ3n) is 3.06. The van der Waals surface area contributed by atoms with Crippen molar-refractivity contribution >= 4 is 17.7 Å². The molecule has 0 fully saturated rings. The molecule has 1 aliphatic heterocycles. The van der Waals surface area contributed by atoms with Gasteiger partial charge in [-0.25, -0.2) is 4.98 Å². The predicted molar refractivity (Wildman–Crippen MR) is 76.5 cm³/mol. The van der Waals surface area contributed by atoms with Crippen LogP contribution in [0.1, 0.15) is 4.79 Å². The van der Waals surface area contributed by atoms with Gasteiger partial charge in [-0.3, -0.25) is 4.79 Å². The maximum Gasteiger partial charge on any atom is 0.259 e. The number of rotatable bonds is 4. The Hall–Kier alpha value is -2.22. The molecule has 0 saturated carbocycles. The van der Waals surface area contributed by atoms with Crippen molar-refractivity contribution in [3.63, 3.8) is 0 Å². The predicted octanol–water partition coefficient (Wildman–Crippen LogP) is 1.72. The highest BCUT2D eigenvalue weighted by molar-refractivity contribution is 8.00. The Morgan fingerprint density at radius 1 is 1.14 bits per heavy atom. The quantitative estimate of drug-likeness (QED) is 0.851. The second-order valence-electron chi connectivity index (χ2n) is 4.23. The van der Waals surface area contributed by atoms with E-state index in [9.17, 15) is 4.79 Å². The summed E-state index contributed by atoms with van der Waals surface area (Å²) < 4.78 is 17.2. The van der Waals surface area contributed by atoms with Crippen LogP contribution in [0.4, 0.5) is 0 Å². The van der Waals surface area contributed by atoms with Gasteiger partial charge in [0, 0.05) is 5.56 Å². The minimum Gasteiger partial charge on any atom is -0.493 e. The zero-order valence-corrected chi connectivity index (χ0v) is 12.6. The molecule has 1 aromatic carbocycles. The number of hydrogen-bond acceptors (Lipinski definition) is 7. The van der Waals surface area contributed by atoms with Gasteiger partial charge in [-0.15, -0.1) is 5.10 Å². The van der Waals surface area contributed by atoms with Crippen molar-refractivity contribution in [3.8, 4) is 28.6 Å². The van der Waals surface area contributed by atoms with E-state index in [2.05, 4.69) is 10.1 Å². The van der Waals surface area contributed by atoms with Crippen molar-refractivity contribution in [1.29, 1.82) is 0 Å². The zero-order chi connectivity index (χ0) is 15.0. The average Bonchev–Trinajstić information content (AvgIpc) is 3.08. The van der Waals surface area contributed by atoms with Gasteiger partial charge in [-0.05, 0) is 12.1 Å². The normalized spacial score (nSPS) is 13.2. The number of aromatic nitrogens is 3. The maximum atomic E-state index is 11.6. The fraction of sp³-hybridized carbons (Fsp3) is 0.308. The molecule has 0 atom stereocenters. The third kappa shape index (κ3) is 2.21. The molecule has 0 unspecified atom stereocenters. The van der Waals surface area contributed by atoms with E-state index in [0.717, 1.165) is 0 Å². The number of carbonyl (C=O) groups excluding carboxylic acids is 1. The molecular formula is C13H13N3O4S. The van der Waals surface area contributed by atoms with Crippen LogP contribution in [0.2, 0.25) is 0 Å². The molecule has 0 spiro atoms. The fourth-order valence-corrected chi connectivity index (χ4v) is 2.86. The Morgan fingerprint density at radius 2 is 1.81 bits per heavy atom. The van der Waals surface area contributed by atoms with E-state index in [1.54, 1.807) is 33.5 Å². The van der Waals surface area contributed by atoms with E-state index in [0.29, 0.717) is 39.5 Å². The molecule has 1 aromatic heterocycles. The smallest absolute Gasteiger partial charge is 0.259 e. The number of nitrogens with zero attached hydrogens (tertiary/aromatic N) is 3. The summed E-state index contributed by atoms with van der Waals surface area (Å²) in [6, 6.07) is 3.50. The number of hydrogen-bond donors (Lipinski definition) is 0. The molecule has 0 amide bonds. The summed E-state index contributed by atoms with van der Waals surface area (Å²) in [6.07, 6.45) is 0. The summed E-state index contributed by atoms with van der Waals surface area (Å²) in [5.74, 6) is 2.29. The summed E-state index contributed by atoms with van der Waals surface area (Å²) in [6.45, 7) is 0. The molecule has 110 valence electrons. The standard InChI is InChI=1S/C13H13N3O4S/c1-18-8-4-7(5-9(19-2)11(8)20-3)12-14-13-16(15-12)10(17)6-21-13/h4-5H,6H2,1-3H3. The van der Waals surface area contributed by atoms with Crippen molar-refractivity contribution in [2.24, 2.45) is 0 Å². The minimum absolute atomic E-state index is 0.0683. The average molecular weight is 307 g/mol. The number of thioether (sulfide) groups is 1. The van der Waals surface area contributed by atoms with Gasteiger partial charge in [-0.2, -0.15) is 4.68 Å². The van der Waals surface area contributed by atoms with Crippen molar-refractivity contribution in [2.45, 2.75) is 5.16 Å². The van der Waals surface area contributed by atoms with Crippen LogP contribution in [0.3, 0.4) is 0 Å². The van der Waals surface area contributed by atoms with Crippen LogP contribution in [0.5, 0.6) is 17.2 Å². The molecule has 0 bridgehead atoms. The molecular weight excluding hydrogens is 294 g/mol. The number of carbonyl (C=O) groups is 1. The molecule has 21 heavy (non-hydrogen) atoms. The lowest BCUT2D eigenvalue weighted by atomic mass is 10.1. The largest absolute Gasteiger partial charge is 0.493 e. The number of fused-ring (bicyclic) bond motifs is 1. The summed E-state index contributed by atoms with van der Waals surface area (Å²) in [7, 11) is 4.63. The number of ether oxygens (including phenoxy) is 3. The van der Waals surface area contributed by atoms with E-state index >= 15 is 0 Å². The van der Waals surface area contributed by atoms with Gasteiger partial charge < -0.3 is 14.2 Å². The molecule has 0 radical (unpaired) electrons. The van der Waals surface area contributed by atoms with Crippen LogP contribution in [0.15, 0.2) is 17.3 Å². The van der Waals surface area contributed by atoms with Crippen molar-refractivity contribution in [3.05, 3.63) is 12.1 Å². The zero-order valence-electron chi connectivity index (χ0n) is 11.7. The number of methoxy groups -OCH3 is 3. The summed E-state index contributed by atoms with van der Waals surface area (Å²) in [4.78, 5) is 16.0. The minimum atomic E-state index is -0.0683. The first-order valence-electron chi connectivity index (χ1n) is 6.11. The summed E-state index contributed by atoms with van der Waals surface area (Å²) in [5.41, 5.74) is 0.694. The summed E-state index contributed by atoms with van der Waals surface area (Å²) >= 11 is 1.37. The fourth-order valence-electron chi connectivity index (χ4n) is 2.07. The first kappa shape index (κ1) is 13.7. The Morgan fingerprint density at radius 3 is 2.33 bits per heavy atom. The highest BCUT2D eigenvalue weighted by Gasteiger charge is 2.25. The van der Waals surface area contributed by atoms with E-state index in [-0.39, 0.29) is 5.91 Å². The van der Waals surface area contributed by atoms with Gasteiger partial charge in [-0.1, -0.05) is 11.8 Å². The van der Waals surface area contributed by atoms with Gasteiger partial charge in [0.25, 0.3) is 5.91 Å². The van der Waals surface area contributed by atoms with Gasteiger partial charge in [0.2, 0.25) is 5.75 Å². The Kier molecular flexibility index (Phi) is 3.46. The summed E-state index contributed by atoms with van der Waals surface area (Å²) in [5, 5.41) is 4.83. The second kappa shape index (κ2) is 5.28. The van der Waals surface area contributed by atoms with E-state index in [1.807, 2.05) is 0 Å². The second-order valence-corrected chi connectivity index (χ2v) is 5.17. The lowest BCUT2D eigenvalue weighted by Gasteiger charge is -2.12. The lowest BCUT2D eigenvalue weighted by molar-refractivity contribution is 0.0923. The van der Waals surface area contributed by atoms with Crippen LogP contribution in [0, 0.1) is 0 Å². The van der Waals surface area contributed by atoms with Gasteiger partial charge in [0.05, 0.1) is 27.1 Å². The maximum absolute atomic E-state index is 11.6. The first-order valence-corrected chi connectivity index (χ1v) is 7.10. The molecule has 7 nitrogen and oxygen atoms in total. The van der Waals surface area contributed by atoms with E-state index in [1.165, 1.54) is 16.4 Å². The molecule has 2 heterocycles. The van der Waals surface area contributed by atoms with Crippen LogP contribution >= 0.6 is 11.8 Å². The molecule has 8 heteroatoms. The molecule has 0 saturated heterocycles. The molecule has 0 N–H and O–H groups in total. The van der Waals surface area contributed by atoms with Crippen molar-refractivity contribution in [2.75, 3.05) is 27.1 Å². The van der Waals surface area contributed by atoms with Crippen LogP contribution in [-0.2, 0) is 0 Å². The van der Waals surface area contributed by atoms with Gasteiger partial charge in [0.15, 0.2) is 22.5 Å². The first-order chi connectivity index (χ1) is 10.2. The monoisotopic (exact) mass is 307 g/mol. The topological polar surface area (TPSA) is 75.5 Å².